The lowest BCUT2D eigenvalue weighted by atomic mass is 10.1. The molecule has 1 aliphatic heterocycles. The number of hydrogen-bond donors (Lipinski definition) is 1. The van der Waals surface area contributed by atoms with Gasteiger partial charge in [0.25, 0.3) is 0 Å². The summed E-state index contributed by atoms with van der Waals surface area (Å²) >= 11 is 0. The van der Waals surface area contributed by atoms with Gasteiger partial charge in [-0.3, -0.25) is 9.59 Å². The van der Waals surface area contributed by atoms with Gasteiger partial charge >= 0.3 is 0 Å². The molecule has 2 atom stereocenters. The van der Waals surface area contributed by atoms with Crippen molar-refractivity contribution in [2.75, 3.05) is 11.9 Å². The first kappa shape index (κ1) is 17.8. The van der Waals surface area contributed by atoms with Crippen LogP contribution < -0.4 is 5.32 Å². The normalized spacial score (nSPS) is 17.5. The Morgan fingerprint density at radius 1 is 1.14 bits per heavy atom. The molecule has 0 aliphatic carbocycles. The molecular formula is C20H20N6O2. The third kappa shape index (κ3) is 3.62. The second-order valence-corrected chi connectivity index (χ2v) is 6.82. The molecule has 142 valence electrons. The number of tetrazole rings is 1. The van der Waals surface area contributed by atoms with E-state index >= 15 is 0 Å². The van der Waals surface area contributed by atoms with Gasteiger partial charge in [0.05, 0.1) is 17.6 Å². The molecule has 4 rings (SSSR count). The summed E-state index contributed by atoms with van der Waals surface area (Å²) in [4.78, 5) is 26.9. The van der Waals surface area contributed by atoms with Crippen molar-refractivity contribution in [3.8, 4) is 5.69 Å². The van der Waals surface area contributed by atoms with Crippen LogP contribution in [0.5, 0.6) is 0 Å². The van der Waals surface area contributed by atoms with E-state index in [1.54, 1.807) is 17.0 Å². The summed E-state index contributed by atoms with van der Waals surface area (Å²) in [5.41, 5.74) is 2.53. The molecule has 1 N–H and O–H groups in total. The quantitative estimate of drug-likeness (QED) is 0.737. The number of rotatable bonds is 5. The van der Waals surface area contributed by atoms with Crippen LogP contribution in [0.25, 0.3) is 5.69 Å². The molecule has 2 heterocycles. The average molecular weight is 376 g/mol. The first-order valence-corrected chi connectivity index (χ1v) is 9.10. The molecule has 0 unspecified atom stereocenters. The van der Waals surface area contributed by atoms with Crippen molar-refractivity contribution >= 4 is 17.5 Å². The van der Waals surface area contributed by atoms with E-state index in [2.05, 4.69) is 20.8 Å². The van der Waals surface area contributed by atoms with Gasteiger partial charge in [-0.2, -0.15) is 0 Å². The molecule has 1 aliphatic rings. The molecule has 1 aromatic heterocycles. The van der Waals surface area contributed by atoms with Crippen LogP contribution in [0.3, 0.4) is 0 Å². The van der Waals surface area contributed by atoms with Crippen LogP contribution in [0.4, 0.5) is 5.69 Å². The predicted molar refractivity (Wildman–Crippen MR) is 102 cm³/mol. The van der Waals surface area contributed by atoms with Crippen LogP contribution in [0.1, 0.15) is 24.9 Å². The summed E-state index contributed by atoms with van der Waals surface area (Å²) in [5, 5.41) is 13.9. The lowest BCUT2D eigenvalue weighted by molar-refractivity contribution is -0.129. The van der Waals surface area contributed by atoms with Gasteiger partial charge in [0.15, 0.2) is 0 Å². The van der Waals surface area contributed by atoms with E-state index in [0.29, 0.717) is 12.2 Å². The molecule has 0 radical (unpaired) electrons. The number of carbonyl (C=O) groups is 2. The third-order valence-electron chi connectivity index (χ3n) is 5.03. The van der Waals surface area contributed by atoms with Gasteiger partial charge in [0, 0.05) is 18.7 Å². The summed E-state index contributed by atoms with van der Waals surface area (Å²) in [6, 6.07) is 17.0. The Bertz CT molecular complexity index is 956. The van der Waals surface area contributed by atoms with Crippen LogP contribution in [0.2, 0.25) is 0 Å². The molecular weight excluding hydrogens is 356 g/mol. The second-order valence-electron chi connectivity index (χ2n) is 6.82. The topological polar surface area (TPSA) is 93.0 Å². The molecule has 2 amide bonds. The first-order chi connectivity index (χ1) is 13.6. The van der Waals surface area contributed by atoms with Crippen molar-refractivity contribution < 1.29 is 9.59 Å². The fourth-order valence-corrected chi connectivity index (χ4v) is 3.41. The fraction of sp³-hybridized carbons (Fsp3) is 0.250. The molecule has 1 saturated heterocycles. The van der Waals surface area contributed by atoms with Gasteiger partial charge in [-0.15, -0.1) is 5.10 Å². The van der Waals surface area contributed by atoms with Crippen molar-refractivity contribution in [2.24, 2.45) is 5.92 Å². The van der Waals surface area contributed by atoms with Crippen molar-refractivity contribution in [1.82, 2.24) is 25.1 Å². The van der Waals surface area contributed by atoms with Gasteiger partial charge in [-0.25, -0.2) is 4.68 Å². The van der Waals surface area contributed by atoms with Crippen LogP contribution >= 0.6 is 0 Å². The van der Waals surface area contributed by atoms with Gasteiger partial charge in [-0.05, 0) is 47.2 Å². The molecule has 1 fully saturated rings. The number of nitrogens with one attached hydrogen (secondary N) is 1. The zero-order valence-electron chi connectivity index (χ0n) is 15.4. The second kappa shape index (κ2) is 7.59. The number of aromatic nitrogens is 4. The summed E-state index contributed by atoms with van der Waals surface area (Å²) in [6.07, 6.45) is 1.73. The molecule has 0 saturated carbocycles. The molecule has 8 heteroatoms. The third-order valence-corrected chi connectivity index (χ3v) is 5.03. The van der Waals surface area contributed by atoms with E-state index in [1.165, 1.54) is 11.0 Å². The molecule has 0 bridgehead atoms. The number of nitrogens with zero attached hydrogens (tertiary/aromatic N) is 5. The zero-order chi connectivity index (χ0) is 19.5. The lowest BCUT2D eigenvalue weighted by Gasteiger charge is -2.25. The van der Waals surface area contributed by atoms with Crippen LogP contribution in [-0.4, -0.2) is 43.5 Å². The maximum atomic E-state index is 12.7. The number of carbonyl (C=O) groups excluding carboxylic acids is 2. The minimum Gasteiger partial charge on any atom is -0.335 e. The summed E-state index contributed by atoms with van der Waals surface area (Å²) in [7, 11) is 0. The number of amides is 2. The SMILES string of the molecule is C[C@H](c1ccccc1)N1C[C@@H](C(=O)Nc2ccc(-n3cnnn3)cc2)CC1=O. The Hall–Kier alpha value is -3.55. The Morgan fingerprint density at radius 3 is 2.57 bits per heavy atom. The number of hydrogen-bond acceptors (Lipinski definition) is 5. The van der Waals surface area contributed by atoms with Crippen LogP contribution in [0.15, 0.2) is 60.9 Å². The summed E-state index contributed by atoms with van der Waals surface area (Å²) < 4.78 is 1.53. The highest BCUT2D eigenvalue weighted by molar-refractivity contribution is 5.97. The Balaban J connectivity index is 1.39. The maximum Gasteiger partial charge on any atom is 0.229 e. The predicted octanol–water partition coefficient (Wildman–Crippen LogP) is 2.21. The Morgan fingerprint density at radius 2 is 1.89 bits per heavy atom. The summed E-state index contributed by atoms with van der Waals surface area (Å²) in [6.45, 7) is 2.41. The zero-order valence-corrected chi connectivity index (χ0v) is 15.4. The van der Waals surface area contributed by atoms with E-state index in [1.807, 2.05) is 49.4 Å². The Kier molecular flexibility index (Phi) is 4.84. The Labute approximate surface area is 162 Å². The highest BCUT2D eigenvalue weighted by Crippen LogP contribution is 2.29. The highest BCUT2D eigenvalue weighted by atomic mass is 16.2. The molecule has 28 heavy (non-hydrogen) atoms. The van der Waals surface area contributed by atoms with E-state index in [0.717, 1.165) is 11.3 Å². The van der Waals surface area contributed by atoms with Crippen molar-refractivity contribution in [1.29, 1.82) is 0 Å². The molecule has 3 aromatic rings. The highest BCUT2D eigenvalue weighted by Gasteiger charge is 2.37. The van der Waals surface area contributed by atoms with E-state index in [9.17, 15) is 9.59 Å². The standard InChI is InChI=1S/C20H20N6O2/c1-14(15-5-3-2-4-6-15)25-12-16(11-19(25)27)20(28)22-17-7-9-18(10-8-17)26-13-21-23-24-26/h2-10,13-14,16H,11-12H2,1H3,(H,22,28)/t14-,16+/m1/s1. The van der Waals surface area contributed by atoms with Gasteiger partial charge in [0.2, 0.25) is 11.8 Å². The van der Waals surface area contributed by atoms with Crippen LogP contribution in [-0.2, 0) is 9.59 Å². The fourth-order valence-electron chi connectivity index (χ4n) is 3.41. The number of benzene rings is 2. The van der Waals surface area contributed by atoms with Crippen molar-refractivity contribution in [2.45, 2.75) is 19.4 Å². The van der Waals surface area contributed by atoms with Crippen molar-refractivity contribution in [3.05, 3.63) is 66.5 Å². The van der Waals surface area contributed by atoms with E-state index in [-0.39, 0.29) is 30.2 Å². The molecule has 8 nitrogen and oxygen atoms in total. The largest absolute Gasteiger partial charge is 0.335 e. The lowest BCUT2D eigenvalue weighted by Crippen LogP contribution is -2.30. The van der Waals surface area contributed by atoms with Crippen LogP contribution in [0, 0.1) is 5.92 Å². The van der Waals surface area contributed by atoms with Gasteiger partial charge < -0.3 is 10.2 Å². The van der Waals surface area contributed by atoms with Gasteiger partial charge in [-0.1, -0.05) is 30.3 Å². The minimum atomic E-state index is -0.363. The monoisotopic (exact) mass is 376 g/mol. The summed E-state index contributed by atoms with van der Waals surface area (Å²) in [5.74, 6) is -0.505. The molecule has 2 aromatic carbocycles. The first-order valence-electron chi connectivity index (χ1n) is 9.10. The number of likely N-dealkylation sites (tertiary alicyclic amines) is 1. The smallest absolute Gasteiger partial charge is 0.229 e. The average Bonchev–Trinajstić information content (AvgIpc) is 3.39. The minimum absolute atomic E-state index is 0.00512. The van der Waals surface area contributed by atoms with E-state index < -0.39 is 0 Å². The molecule has 0 spiro atoms. The van der Waals surface area contributed by atoms with Crippen molar-refractivity contribution in [3.63, 3.8) is 0 Å². The maximum absolute atomic E-state index is 12.7. The van der Waals surface area contributed by atoms with Gasteiger partial charge in [0.1, 0.15) is 6.33 Å². The van der Waals surface area contributed by atoms with E-state index in [4.69, 9.17) is 0 Å². The number of anilines is 1.